The molecule has 1 aliphatic carbocycles. The lowest BCUT2D eigenvalue weighted by atomic mass is 10.1. The van der Waals surface area contributed by atoms with Gasteiger partial charge in [-0.25, -0.2) is 4.98 Å². The Labute approximate surface area is 105 Å². The van der Waals surface area contributed by atoms with E-state index in [2.05, 4.69) is 15.4 Å². The minimum Gasteiger partial charge on any atom is -0.381 e. The number of hydrogen-bond donors (Lipinski definition) is 1. The van der Waals surface area contributed by atoms with Gasteiger partial charge in [0, 0.05) is 19.3 Å². The summed E-state index contributed by atoms with van der Waals surface area (Å²) in [5, 5.41) is 8.62. The average Bonchev–Trinajstić information content (AvgIpc) is 3.00. The van der Waals surface area contributed by atoms with Gasteiger partial charge in [-0.2, -0.15) is 5.10 Å². The van der Waals surface area contributed by atoms with Gasteiger partial charge < -0.3 is 5.32 Å². The number of carbonyl (C=O) groups excluding carboxylic acids is 1. The third kappa shape index (κ3) is 1.75. The molecule has 0 amide bonds. The minimum atomic E-state index is 0.467. The molecular weight excluding hydrogens is 228 g/mol. The molecular formula is C13H16N4O. The number of pyridine rings is 1. The predicted molar refractivity (Wildman–Crippen MR) is 69.8 cm³/mol. The fourth-order valence-corrected chi connectivity index (χ4v) is 2.64. The lowest BCUT2D eigenvalue weighted by Crippen LogP contribution is -2.16. The normalized spacial score (nSPS) is 16.3. The molecule has 1 fully saturated rings. The van der Waals surface area contributed by atoms with Crippen LogP contribution in [0.15, 0.2) is 12.4 Å². The molecule has 0 spiro atoms. The Hall–Kier alpha value is -1.91. The first-order valence-corrected chi connectivity index (χ1v) is 6.32. The van der Waals surface area contributed by atoms with Gasteiger partial charge in [0.1, 0.15) is 0 Å². The van der Waals surface area contributed by atoms with E-state index in [-0.39, 0.29) is 0 Å². The highest BCUT2D eigenvalue weighted by molar-refractivity contribution is 5.98. The van der Waals surface area contributed by atoms with Crippen LogP contribution >= 0.6 is 0 Å². The molecule has 5 heteroatoms. The summed E-state index contributed by atoms with van der Waals surface area (Å²) in [6, 6.07) is 0.467. The molecule has 0 aliphatic heterocycles. The van der Waals surface area contributed by atoms with Gasteiger partial charge in [-0.3, -0.25) is 9.48 Å². The van der Waals surface area contributed by atoms with Crippen LogP contribution in [0.25, 0.3) is 11.0 Å². The molecule has 0 saturated heterocycles. The fourth-order valence-electron chi connectivity index (χ4n) is 2.64. The first-order valence-electron chi connectivity index (χ1n) is 6.32. The third-order valence-corrected chi connectivity index (χ3v) is 3.62. The van der Waals surface area contributed by atoms with Crippen LogP contribution in [-0.2, 0) is 7.05 Å². The second-order valence-electron chi connectivity index (χ2n) is 4.84. The largest absolute Gasteiger partial charge is 0.381 e. The number of hydrogen-bond acceptors (Lipinski definition) is 4. The molecule has 1 saturated carbocycles. The van der Waals surface area contributed by atoms with Crippen molar-refractivity contribution in [3.63, 3.8) is 0 Å². The van der Waals surface area contributed by atoms with Gasteiger partial charge >= 0.3 is 0 Å². The zero-order valence-corrected chi connectivity index (χ0v) is 10.4. The molecule has 0 radical (unpaired) electrons. The number of nitrogens with one attached hydrogen (secondary N) is 1. The number of carbonyl (C=O) groups is 1. The van der Waals surface area contributed by atoms with E-state index in [1.54, 1.807) is 17.1 Å². The first kappa shape index (κ1) is 11.2. The van der Waals surface area contributed by atoms with Crippen LogP contribution in [0.1, 0.15) is 36.0 Å². The molecule has 2 aromatic rings. The van der Waals surface area contributed by atoms with Crippen molar-refractivity contribution in [2.24, 2.45) is 7.05 Å². The molecule has 94 valence electrons. The van der Waals surface area contributed by atoms with Gasteiger partial charge in [-0.1, -0.05) is 12.8 Å². The van der Waals surface area contributed by atoms with Gasteiger partial charge in [0.2, 0.25) is 0 Å². The predicted octanol–water partition coefficient (Wildman–Crippen LogP) is 2.14. The van der Waals surface area contributed by atoms with E-state index >= 15 is 0 Å². The van der Waals surface area contributed by atoms with Gasteiger partial charge in [0.05, 0.1) is 22.8 Å². The van der Waals surface area contributed by atoms with Crippen LogP contribution in [0.5, 0.6) is 0 Å². The maximum Gasteiger partial charge on any atom is 0.159 e. The Morgan fingerprint density at radius 3 is 2.89 bits per heavy atom. The molecule has 1 N–H and O–H groups in total. The van der Waals surface area contributed by atoms with Gasteiger partial charge in [0.15, 0.2) is 11.9 Å². The molecule has 3 rings (SSSR count). The van der Waals surface area contributed by atoms with E-state index in [0.29, 0.717) is 11.6 Å². The van der Waals surface area contributed by atoms with Crippen LogP contribution < -0.4 is 5.32 Å². The van der Waals surface area contributed by atoms with Crippen LogP contribution in [0, 0.1) is 0 Å². The van der Waals surface area contributed by atoms with Crippen molar-refractivity contribution in [1.29, 1.82) is 0 Å². The molecule has 2 heterocycles. The fraction of sp³-hybridized carbons (Fsp3) is 0.462. The Bertz CT molecular complexity index is 584. The molecule has 5 nitrogen and oxygen atoms in total. The quantitative estimate of drug-likeness (QED) is 0.840. The Balaban J connectivity index is 2.07. The lowest BCUT2D eigenvalue weighted by Gasteiger charge is -2.15. The maximum absolute atomic E-state index is 11.1. The second-order valence-corrected chi connectivity index (χ2v) is 4.84. The van der Waals surface area contributed by atoms with Crippen molar-refractivity contribution in [2.75, 3.05) is 5.32 Å². The van der Waals surface area contributed by atoms with E-state index in [4.69, 9.17) is 0 Å². The summed E-state index contributed by atoms with van der Waals surface area (Å²) < 4.78 is 1.73. The number of anilines is 1. The maximum atomic E-state index is 11.1. The lowest BCUT2D eigenvalue weighted by molar-refractivity contribution is 0.112. The monoisotopic (exact) mass is 244 g/mol. The standard InChI is InChI=1S/C13H16N4O/c1-17-13-11(7-15-17)12(9(8-18)6-14-13)16-10-4-2-3-5-10/h6-8,10H,2-5H2,1H3,(H,14,16). The zero-order chi connectivity index (χ0) is 12.5. The smallest absolute Gasteiger partial charge is 0.159 e. The third-order valence-electron chi connectivity index (χ3n) is 3.62. The Kier molecular flexibility index (Phi) is 2.74. The summed E-state index contributed by atoms with van der Waals surface area (Å²) in [5.41, 5.74) is 2.30. The molecule has 18 heavy (non-hydrogen) atoms. The SMILES string of the molecule is Cn1ncc2c(NC3CCCC3)c(C=O)cnc21. The summed E-state index contributed by atoms with van der Waals surface area (Å²) in [4.78, 5) is 15.4. The molecule has 0 aromatic carbocycles. The Morgan fingerprint density at radius 2 is 2.17 bits per heavy atom. The summed E-state index contributed by atoms with van der Waals surface area (Å²) in [7, 11) is 1.86. The van der Waals surface area contributed by atoms with Crippen molar-refractivity contribution >= 4 is 23.0 Å². The highest BCUT2D eigenvalue weighted by atomic mass is 16.1. The topological polar surface area (TPSA) is 59.8 Å². The van der Waals surface area contributed by atoms with E-state index in [1.165, 1.54) is 25.7 Å². The molecule has 0 unspecified atom stereocenters. The summed E-state index contributed by atoms with van der Waals surface area (Å²) in [5.74, 6) is 0. The van der Waals surface area contributed by atoms with E-state index in [0.717, 1.165) is 23.0 Å². The first-order chi connectivity index (χ1) is 8.79. The number of aryl methyl sites for hydroxylation is 1. The molecule has 0 atom stereocenters. The van der Waals surface area contributed by atoms with Crippen LogP contribution in [0.4, 0.5) is 5.69 Å². The Morgan fingerprint density at radius 1 is 1.39 bits per heavy atom. The van der Waals surface area contributed by atoms with Crippen molar-refractivity contribution in [2.45, 2.75) is 31.7 Å². The van der Waals surface area contributed by atoms with Crippen LogP contribution in [-0.4, -0.2) is 27.1 Å². The van der Waals surface area contributed by atoms with Gasteiger partial charge in [-0.15, -0.1) is 0 Å². The van der Waals surface area contributed by atoms with Crippen molar-refractivity contribution in [1.82, 2.24) is 14.8 Å². The van der Waals surface area contributed by atoms with E-state index in [1.807, 2.05) is 7.05 Å². The van der Waals surface area contributed by atoms with E-state index < -0.39 is 0 Å². The van der Waals surface area contributed by atoms with Crippen LogP contribution in [0.2, 0.25) is 0 Å². The second kappa shape index (κ2) is 4.40. The number of aromatic nitrogens is 3. The number of rotatable bonds is 3. The molecule has 1 aliphatic rings. The average molecular weight is 244 g/mol. The number of nitrogens with zero attached hydrogens (tertiary/aromatic N) is 3. The highest BCUT2D eigenvalue weighted by Gasteiger charge is 2.18. The summed E-state index contributed by atoms with van der Waals surface area (Å²) in [6.07, 6.45) is 9.10. The summed E-state index contributed by atoms with van der Waals surface area (Å²) >= 11 is 0. The summed E-state index contributed by atoms with van der Waals surface area (Å²) in [6.45, 7) is 0. The van der Waals surface area contributed by atoms with Crippen molar-refractivity contribution < 1.29 is 4.79 Å². The van der Waals surface area contributed by atoms with Gasteiger partial charge in [-0.05, 0) is 12.8 Å². The molecule has 0 bridgehead atoms. The van der Waals surface area contributed by atoms with Crippen LogP contribution in [0.3, 0.4) is 0 Å². The zero-order valence-electron chi connectivity index (χ0n) is 10.4. The number of aldehydes is 1. The van der Waals surface area contributed by atoms with E-state index in [9.17, 15) is 4.79 Å². The van der Waals surface area contributed by atoms with Crippen molar-refractivity contribution in [3.8, 4) is 0 Å². The molecule has 2 aromatic heterocycles. The van der Waals surface area contributed by atoms with Crippen molar-refractivity contribution in [3.05, 3.63) is 18.0 Å². The van der Waals surface area contributed by atoms with Gasteiger partial charge in [0.25, 0.3) is 0 Å². The highest BCUT2D eigenvalue weighted by Crippen LogP contribution is 2.29. The number of fused-ring (bicyclic) bond motifs is 1. The minimum absolute atomic E-state index is 0.467.